The third-order valence-electron chi connectivity index (χ3n) is 1.75. The number of thioether (sulfide) groups is 1. The van der Waals surface area contributed by atoms with E-state index >= 15 is 0 Å². The second-order valence-electron chi connectivity index (χ2n) is 2.92. The molecule has 0 bridgehead atoms. The number of nitrogens with two attached hydrogens (primary N) is 2. The molecule has 1 amide bonds. The summed E-state index contributed by atoms with van der Waals surface area (Å²) in [5.74, 6) is 5.60. The van der Waals surface area contributed by atoms with Gasteiger partial charge in [-0.05, 0) is 18.6 Å². The summed E-state index contributed by atoms with van der Waals surface area (Å²) in [4.78, 5) is 14.9. The molecule has 0 aliphatic heterocycles. The molecule has 5 N–H and O–H groups in total. The first-order valence-electron chi connectivity index (χ1n) is 4.56. The highest BCUT2D eigenvalue weighted by Crippen LogP contribution is 2.22. The molecule has 1 heterocycles. The Labute approximate surface area is 92.6 Å². The summed E-state index contributed by atoms with van der Waals surface area (Å²) in [6.07, 6.45) is 2.88. The first-order chi connectivity index (χ1) is 7.24. The zero-order chi connectivity index (χ0) is 11.1. The summed E-state index contributed by atoms with van der Waals surface area (Å²) < 4.78 is 0. The van der Waals surface area contributed by atoms with Crippen molar-refractivity contribution < 1.29 is 4.79 Å². The molecule has 0 spiro atoms. The highest BCUT2D eigenvalue weighted by Gasteiger charge is 2.01. The second kappa shape index (κ2) is 6.26. The van der Waals surface area contributed by atoms with Crippen LogP contribution in [0, 0.1) is 0 Å². The lowest BCUT2D eigenvalue weighted by Crippen LogP contribution is -2.29. The van der Waals surface area contributed by atoms with Gasteiger partial charge in [-0.1, -0.05) is 0 Å². The van der Waals surface area contributed by atoms with E-state index in [2.05, 4.69) is 10.4 Å². The minimum Gasteiger partial charge on any atom is -0.397 e. The Hall–Kier alpha value is -1.27. The number of nitrogens with one attached hydrogen (secondary N) is 1. The largest absolute Gasteiger partial charge is 0.397 e. The first kappa shape index (κ1) is 11.8. The van der Waals surface area contributed by atoms with Crippen molar-refractivity contribution in [3.05, 3.63) is 18.3 Å². The average molecular weight is 226 g/mol. The molecule has 0 saturated heterocycles. The van der Waals surface area contributed by atoms with Crippen molar-refractivity contribution in [2.45, 2.75) is 17.9 Å². The van der Waals surface area contributed by atoms with Gasteiger partial charge in [0.2, 0.25) is 5.91 Å². The number of carbonyl (C=O) groups excluding carboxylic acids is 1. The quantitative estimate of drug-likeness (QED) is 0.224. The average Bonchev–Trinajstić information content (AvgIpc) is 2.26. The summed E-state index contributed by atoms with van der Waals surface area (Å²) in [5.41, 5.74) is 8.46. The van der Waals surface area contributed by atoms with E-state index in [-0.39, 0.29) is 5.91 Å². The number of nitrogen functional groups attached to an aromatic ring is 1. The number of rotatable bonds is 5. The van der Waals surface area contributed by atoms with Gasteiger partial charge in [-0.2, -0.15) is 0 Å². The van der Waals surface area contributed by atoms with Crippen LogP contribution in [0.15, 0.2) is 23.4 Å². The van der Waals surface area contributed by atoms with E-state index in [0.717, 1.165) is 17.2 Å². The highest BCUT2D eigenvalue weighted by atomic mass is 32.2. The summed E-state index contributed by atoms with van der Waals surface area (Å²) in [6.45, 7) is 0. The van der Waals surface area contributed by atoms with Gasteiger partial charge >= 0.3 is 0 Å². The molecule has 0 aliphatic rings. The van der Waals surface area contributed by atoms with E-state index in [4.69, 9.17) is 11.6 Å². The van der Waals surface area contributed by atoms with Crippen LogP contribution in [0.3, 0.4) is 0 Å². The normalized spacial score (nSPS) is 9.93. The Bertz CT molecular complexity index is 332. The number of hydrogen-bond donors (Lipinski definition) is 3. The van der Waals surface area contributed by atoms with Crippen LogP contribution < -0.4 is 17.0 Å². The molecular formula is C9H14N4OS. The third kappa shape index (κ3) is 4.18. The van der Waals surface area contributed by atoms with Crippen LogP contribution in [-0.2, 0) is 4.79 Å². The van der Waals surface area contributed by atoms with Crippen LogP contribution in [0.2, 0.25) is 0 Å². The van der Waals surface area contributed by atoms with Gasteiger partial charge in [-0.3, -0.25) is 10.2 Å². The standard InChI is InChI=1S/C9H14N4OS/c10-7-3-1-5-12-9(7)15-6-2-4-8(14)13-11/h1,3,5H,2,4,6,10-11H2,(H,13,14). The lowest BCUT2D eigenvalue weighted by atomic mass is 10.3. The second-order valence-corrected chi connectivity index (χ2v) is 4.00. The van der Waals surface area contributed by atoms with E-state index < -0.39 is 0 Å². The Kier molecular flexibility index (Phi) is 4.92. The number of hydrogen-bond acceptors (Lipinski definition) is 5. The highest BCUT2D eigenvalue weighted by molar-refractivity contribution is 7.99. The first-order valence-corrected chi connectivity index (χ1v) is 5.55. The van der Waals surface area contributed by atoms with Gasteiger partial charge in [0.25, 0.3) is 0 Å². The molecular weight excluding hydrogens is 212 g/mol. The SMILES string of the molecule is NNC(=O)CCCSc1ncccc1N. The van der Waals surface area contributed by atoms with Gasteiger partial charge in [-0.25, -0.2) is 10.8 Å². The van der Waals surface area contributed by atoms with E-state index in [9.17, 15) is 4.79 Å². The van der Waals surface area contributed by atoms with Crippen molar-refractivity contribution in [2.24, 2.45) is 5.84 Å². The van der Waals surface area contributed by atoms with Crippen LogP contribution >= 0.6 is 11.8 Å². The number of nitrogens with zero attached hydrogens (tertiary/aromatic N) is 1. The van der Waals surface area contributed by atoms with E-state index in [0.29, 0.717) is 12.1 Å². The summed E-state index contributed by atoms with van der Waals surface area (Å²) >= 11 is 1.54. The molecule has 0 saturated carbocycles. The fourth-order valence-electron chi connectivity index (χ4n) is 0.998. The van der Waals surface area contributed by atoms with Crippen molar-refractivity contribution in [3.8, 4) is 0 Å². The number of amides is 1. The lowest BCUT2D eigenvalue weighted by molar-refractivity contribution is -0.121. The Morgan fingerprint density at radius 3 is 3.07 bits per heavy atom. The summed E-state index contributed by atoms with van der Waals surface area (Å²) in [6, 6.07) is 3.60. The van der Waals surface area contributed by atoms with Crippen LogP contribution in [0.1, 0.15) is 12.8 Å². The van der Waals surface area contributed by atoms with Crippen molar-refractivity contribution >= 4 is 23.4 Å². The third-order valence-corrected chi connectivity index (χ3v) is 2.86. The Balaban J connectivity index is 2.26. The van der Waals surface area contributed by atoms with Crippen LogP contribution in [0.5, 0.6) is 0 Å². The lowest BCUT2D eigenvalue weighted by Gasteiger charge is -2.03. The molecule has 0 fully saturated rings. The minimum absolute atomic E-state index is 0.149. The molecule has 0 aromatic carbocycles. The van der Waals surface area contributed by atoms with Gasteiger partial charge < -0.3 is 5.73 Å². The molecule has 0 aliphatic carbocycles. The molecule has 0 atom stereocenters. The molecule has 82 valence electrons. The summed E-state index contributed by atoms with van der Waals surface area (Å²) in [7, 11) is 0. The van der Waals surface area contributed by atoms with E-state index in [1.165, 1.54) is 0 Å². The maximum Gasteiger partial charge on any atom is 0.233 e. The minimum atomic E-state index is -0.149. The number of anilines is 1. The fourth-order valence-corrected chi connectivity index (χ4v) is 1.85. The van der Waals surface area contributed by atoms with Crippen molar-refractivity contribution in [2.75, 3.05) is 11.5 Å². The van der Waals surface area contributed by atoms with Gasteiger partial charge in [0.15, 0.2) is 0 Å². The summed E-state index contributed by atoms with van der Waals surface area (Å²) in [5, 5.41) is 0.811. The van der Waals surface area contributed by atoms with E-state index in [1.807, 2.05) is 6.07 Å². The smallest absolute Gasteiger partial charge is 0.233 e. The van der Waals surface area contributed by atoms with Crippen LogP contribution in [-0.4, -0.2) is 16.6 Å². The number of aromatic nitrogens is 1. The zero-order valence-corrected chi connectivity index (χ0v) is 9.09. The zero-order valence-electron chi connectivity index (χ0n) is 8.27. The molecule has 1 aromatic rings. The van der Waals surface area contributed by atoms with Gasteiger partial charge in [-0.15, -0.1) is 11.8 Å². The predicted molar refractivity (Wildman–Crippen MR) is 60.9 cm³/mol. The number of hydrazine groups is 1. The molecule has 6 heteroatoms. The van der Waals surface area contributed by atoms with Gasteiger partial charge in [0.05, 0.1) is 5.69 Å². The van der Waals surface area contributed by atoms with Crippen molar-refractivity contribution in [1.82, 2.24) is 10.4 Å². The Morgan fingerprint density at radius 2 is 2.40 bits per heavy atom. The van der Waals surface area contributed by atoms with Crippen LogP contribution in [0.25, 0.3) is 0 Å². The monoisotopic (exact) mass is 226 g/mol. The molecule has 0 unspecified atom stereocenters. The number of pyridine rings is 1. The van der Waals surface area contributed by atoms with E-state index in [1.54, 1.807) is 24.0 Å². The molecule has 1 rings (SSSR count). The van der Waals surface area contributed by atoms with Gasteiger partial charge in [0.1, 0.15) is 5.03 Å². The maximum absolute atomic E-state index is 10.8. The van der Waals surface area contributed by atoms with Crippen molar-refractivity contribution in [3.63, 3.8) is 0 Å². The van der Waals surface area contributed by atoms with Crippen molar-refractivity contribution in [1.29, 1.82) is 0 Å². The fraction of sp³-hybridized carbons (Fsp3) is 0.333. The molecule has 1 aromatic heterocycles. The Morgan fingerprint density at radius 1 is 1.60 bits per heavy atom. The topological polar surface area (TPSA) is 94.0 Å². The van der Waals surface area contributed by atoms with Crippen LogP contribution in [0.4, 0.5) is 5.69 Å². The maximum atomic E-state index is 10.8. The molecule has 0 radical (unpaired) electrons. The van der Waals surface area contributed by atoms with Gasteiger partial charge in [0, 0.05) is 18.4 Å². The predicted octanol–water partition coefficient (Wildman–Crippen LogP) is 0.526. The number of carbonyl (C=O) groups is 1. The molecule has 5 nitrogen and oxygen atoms in total. The molecule has 15 heavy (non-hydrogen) atoms.